The number of aromatic nitrogens is 1. The Kier molecular flexibility index (Phi) is 2.54. The molecule has 3 heteroatoms. The molecule has 0 unspecified atom stereocenters. The van der Waals surface area contributed by atoms with E-state index in [9.17, 15) is 4.79 Å². The van der Waals surface area contributed by atoms with Gasteiger partial charge in [0.1, 0.15) is 5.92 Å². The molecule has 1 aromatic rings. The molecule has 1 rings (SSSR count). The van der Waals surface area contributed by atoms with Crippen LogP contribution in [0, 0.1) is 17.2 Å². The van der Waals surface area contributed by atoms with Crippen LogP contribution < -0.4 is 0 Å². The summed E-state index contributed by atoms with van der Waals surface area (Å²) in [5.74, 6) is -0.764. The normalized spacial score (nSPS) is 11.7. The summed E-state index contributed by atoms with van der Waals surface area (Å²) in [7, 11) is 0. The van der Waals surface area contributed by atoms with Gasteiger partial charge in [0.05, 0.1) is 6.07 Å². The van der Waals surface area contributed by atoms with E-state index in [1.54, 1.807) is 25.3 Å². The van der Waals surface area contributed by atoms with Crippen molar-refractivity contribution >= 4 is 5.78 Å². The zero-order valence-electron chi connectivity index (χ0n) is 6.69. The highest BCUT2D eigenvalue weighted by Gasteiger charge is 2.13. The number of nitriles is 1. The van der Waals surface area contributed by atoms with Gasteiger partial charge in [0.15, 0.2) is 5.78 Å². The predicted octanol–water partition coefficient (Wildman–Crippen LogP) is 1.42. The van der Waals surface area contributed by atoms with Crippen LogP contribution in [0.5, 0.6) is 0 Å². The smallest absolute Gasteiger partial charge is 0.181 e. The Morgan fingerprint density at radius 3 is 3.00 bits per heavy atom. The average Bonchev–Trinajstić information content (AvgIpc) is 2.17. The van der Waals surface area contributed by atoms with Crippen LogP contribution in [-0.4, -0.2) is 10.8 Å². The maximum Gasteiger partial charge on any atom is 0.181 e. The minimum atomic E-state index is -0.589. The van der Waals surface area contributed by atoms with Gasteiger partial charge in [-0.05, 0) is 19.1 Å². The first-order valence-electron chi connectivity index (χ1n) is 3.59. The lowest BCUT2D eigenvalue weighted by atomic mass is 10.0. The summed E-state index contributed by atoms with van der Waals surface area (Å²) in [6, 6.07) is 5.22. The number of hydrogen-bond donors (Lipinski definition) is 0. The Morgan fingerprint density at radius 2 is 2.50 bits per heavy atom. The van der Waals surface area contributed by atoms with Crippen molar-refractivity contribution in [3.05, 3.63) is 30.1 Å². The lowest BCUT2D eigenvalue weighted by Crippen LogP contribution is -2.08. The third-order valence-electron chi connectivity index (χ3n) is 1.53. The Hall–Kier alpha value is -1.69. The number of Topliss-reactive ketones (excluding diaryl/α,β-unsaturated/α-hetero) is 1. The first kappa shape index (κ1) is 8.41. The summed E-state index contributed by atoms with van der Waals surface area (Å²) < 4.78 is 0. The van der Waals surface area contributed by atoms with Gasteiger partial charge >= 0.3 is 0 Å². The summed E-state index contributed by atoms with van der Waals surface area (Å²) in [6.07, 6.45) is 3.06. The van der Waals surface area contributed by atoms with Gasteiger partial charge in [-0.25, -0.2) is 0 Å². The van der Waals surface area contributed by atoms with Gasteiger partial charge in [-0.1, -0.05) is 0 Å². The molecule has 0 N–H and O–H groups in total. The van der Waals surface area contributed by atoms with E-state index in [0.717, 1.165) is 0 Å². The van der Waals surface area contributed by atoms with Gasteiger partial charge in [0, 0.05) is 18.0 Å². The molecule has 0 saturated heterocycles. The van der Waals surface area contributed by atoms with E-state index < -0.39 is 5.92 Å². The average molecular weight is 160 g/mol. The molecule has 12 heavy (non-hydrogen) atoms. The molecule has 0 spiro atoms. The minimum absolute atomic E-state index is 0.175. The van der Waals surface area contributed by atoms with Crippen molar-refractivity contribution in [3.63, 3.8) is 0 Å². The Bertz CT molecular complexity index is 313. The van der Waals surface area contributed by atoms with Gasteiger partial charge < -0.3 is 0 Å². The van der Waals surface area contributed by atoms with E-state index in [4.69, 9.17) is 5.26 Å². The lowest BCUT2D eigenvalue weighted by Gasteiger charge is -1.99. The van der Waals surface area contributed by atoms with Crippen LogP contribution in [0.4, 0.5) is 0 Å². The summed E-state index contributed by atoms with van der Waals surface area (Å²) >= 11 is 0. The number of nitrogens with zero attached hydrogens (tertiary/aromatic N) is 2. The van der Waals surface area contributed by atoms with Crippen LogP contribution in [0.15, 0.2) is 24.5 Å². The highest BCUT2D eigenvalue weighted by Crippen LogP contribution is 2.05. The number of hydrogen-bond acceptors (Lipinski definition) is 3. The molecule has 1 atom stereocenters. The van der Waals surface area contributed by atoms with E-state index in [-0.39, 0.29) is 5.78 Å². The molecule has 0 bridgehead atoms. The Morgan fingerprint density at radius 1 is 1.75 bits per heavy atom. The van der Waals surface area contributed by atoms with Gasteiger partial charge in [0.25, 0.3) is 0 Å². The van der Waals surface area contributed by atoms with Crippen LogP contribution in [0.3, 0.4) is 0 Å². The van der Waals surface area contributed by atoms with Crippen molar-refractivity contribution < 1.29 is 4.79 Å². The summed E-state index contributed by atoms with van der Waals surface area (Å²) in [6.45, 7) is 1.58. The second-order valence-electron chi connectivity index (χ2n) is 2.46. The fourth-order valence-corrected chi connectivity index (χ4v) is 0.817. The van der Waals surface area contributed by atoms with Crippen LogP contribution in [0.2, 0.25) is 0 Å². The number of rotatable bonds is 2. The standard InChI is InChI=1S/C9H8N2O/c1-7(5-10)9(12)8-3-2-4-11-6-8/h2-4,6-7H,1H3/t7-/m1/s1. The van der Waals surface area contributed by atoms with Crippen LogP contribution in [0.25, 0.3) is 0 Å². The minimum Gasteiger partial charge on any atom is -0.293 e. The maximum absolute atomic E-state index is 11.3. The Labute approximate surface area is 70.7 Å². The molecule has 1 aromatic heterocycles. The van der Waals surface area contributed by atoms with E-state index in [1.165, 1.54) is 6.20 Å². The summed E-state index contributed by atoms with van der Waals surface area (Å²) in [5.41, 5.74) is 0.492. The van der Waals surface area contributed by atoms with Crippen molar-refractivity contribution in [2.24, 2.45) is 5.92 Å². The molecule has 3 nitrogen and oxygen atoms in total. The van der Waals surface area contributed by atoms with E-state index in [1.807, 2.05) is 6.07 Å². The molecule has 0 aromatic carbocycles. The number of carbonyl (C=O) groups excluding carboxylic acids is 1. The largest absolute Gasteiger partial charge is 0.293 e. The lowest BCUT2D eigenvalue weighted by molar-refractivity contribution is 0.0956. The SMILES string of the molecule is C[C@H](C#N)C(=O)c1cccnc1. The molecule has 0 amide bonds. The highest BCUT2D eigenvalue weighted by atomic mass is 16.1. The zero-order valence-corrected chi connectivity index (χ0v) is 6.69. The van der Waals surface area contributed by atoms with Crippen molar-refractivity contribution in [1.82, 2.24) is 4.98 Å². The van der Waals surface area contributed by atoms with E-state index in [0.29, 0.717) is 5.56 Å². The molecular formula is C9H8N2O. The zero-order chi connectivity index (χ0) is 8.97. The fourth-order valence-electron chi connectivity index (χ4n) is 0.817. The highest BCUT2D eigenvalue weighted by molar-refractivity contribution is 5.98. The molecule has 60 valence electrons. The fraction of sp³-hybridized carbons (Fsp3) is 0.222. The van der Waals surface area contributed by atoms with Crippen molar-refractivity contribution in [1.29, 1.82) is 5.26 Å². The number of carbonyl (C=O) groups is 1. The second kappa shape index (κ2) is 3.63. The van der Waals surface area contributed by atoms with Gasteiger partial charge in [-0.15, -0.1) is 0 Å². The van der Waals surface area contributed by atoms with Gasteiger partial charge in [0.2, 0.25) is 0 Å². The number of pyridine rings is 1. The third kappa shape index (κ3) is 1.67. The monoisotopic (exact) mass is 160 g/mol. The third-order valence-corrected chi connectivity index (χ3v) is 1.53. The van der Waals surface area contributed by atoms with Crippen LogP contribution in [0.1, 0.15) is 17.3 Å². The topological polar surface area (TPSA) is 53.8 Å². The molecule has 0 radical (unpaired) electrons. The number of ketones is 1. The van der Waals surface area contributed by atoms with Crippen molar-refractivity contribution in [2.45, 2.75) is 6.92 Å². The van der Waals surface area contributed by atoms with Crippen molar-refractivity contribution in [3.8, 4) is 6.07 Å². The molecule has 0 fully saturated rings. The Balaban J connectivity index is 2.88. The first-order valence-corrected chi connectivity index (χ1v) is 3.59. The predicted molar refractivity (Wildman–Crippen MR) is 43.3 cm³/mol. The molecule has 0 aliphatic rings. The van der Waals surface area contributed by atoms with Crippen molar-refractivity contribution in [2.75, 3.05) is 0 Å². The summed E-state index contributed by atoms with van der Waals surface area (Å²) in [5, 5.41) is 8.48. The molecule has 0 aliphatic heterocycles. The van der Waals surface area contributed by atoms with Crippen LogP contribution in [-0.2, 0) is 0 Å². The molecular weight excluding hydrogens is 152 g/mol. The molecule has 1 heterocycles. The molecule has 0 saturated carbocycles. The van der Waals surface area contributed by atoms with E-state index >= 15 is 0 Å². The van der Waals surface area contributed by atoms with E-state index in [2.05, 4.69) is 4.98 Å². The quantitative estimate of drug-likeness (QED) is 0.615. The van der Waals surface area contributed by atoms with Gasteiger partial charge in [-0.2, -0.15) is 5.26 Å². The second-order valence-corrected chi connectivity index (χ2v) is 2.46. The van der Waals surface area contributed by atoms with Crippen LogP contribution >= 0.6 is 0 Å². The maximum atomic E-state index is 11.3. The summed E-state index contributed by atoms with van der Waals surface area (Å²) in [4.78, 5) is 15.1. The van der Waals surface area contributed by atoms with Gasteiger partial charge in [-0.3, -0.25) is 9.78 Å². The first-order chi connectivity index (χ1) is 5.75. The molecule has 0 aliphatic carbocycles.